The lowest BCUT2D eigenvalue weighted by Crippen LogP contribution is -2.22. The minimum Gasteiger partial charge on any atom is -0.383 e. The summed E-state index contributed by atoms with van der Waals surface area (Å²) in [5.41, 5.74) is 6.84. The van der Waals surface area contributed by atoms with Gasteiger partial charge in [-0.3, -0.25) is 0 Å². The van der Waals surface area contributed by atoms with Gasteiger partial charge < -0.3 is 11.1 Å². The Morgan fingerprint density at radius 2 is 1.74 bits per heavy atom. The molecule has 1 aromatic rings. The lowest BCUT2D eigenvalue weighted by molar-refractivity contribution is 0.278. The highest BCUT2D eigenvalue weighted by Crippen LogP contribution is 2.30. The fourth-order valence-corrected chi connectivity index (χ4v) is 2.91. The van der Waals surface area contributed by atoms with E-state index in [4.69, 9.17) is 5.73 Å². The molecule has 0 saturated heterocycles. The van der Waals surface area contributed by atoms with E-state index in [9.17, 15) is 0 Å². The van der Waals surface area contributed by atoms with Gasteiger partial charge in [-0.2, -0.15) is 0 Å². The maximum atomic E-state index is 5.88. The van der Waals surface area contributed by atoms with Gasteiger partial charge in [0.15, 0.2) is 0 Å². The molecule has 0 amide bonds. The van der Waals surface area contributed by atoms with Crippen molar-refractivity contribution >= 4 is 11.6 Å². The van der Waals surface area contributed by atoms with Crippen molar-refractivity contribution in [3.8, 4) is 0 Å². The number of aromatic nitrogens is 2. The Labute approximate surface area is 116 Å². The molecule has 106 valence electrons. The molecule has 19 heavy (non-hydrogen) atoms. The first-order chi connectivity index (χ1) is 9.10. The molecule has 1 aromatic heterocycles. The number of anilines is 2. The molecule has 0 bridgehead atoms. The SMILES string of the molecule is CCC1CCC(CNc2nc(C)nc(N)c2C)CC1. The average molecular weight is 262 g/mol. The molecule has 1 fully saturated rings. The molecular weight excluding hydrogens is 236 g/mol. The van der Waals surface area contributed by atoms with E-state index in [2.05, 4.69) is 22.2 Å². The first-order valence-corrected chi connectivity index (χ1v) is 7.44. The lowest BCUT2D eigenvalue weighted by Gasteiger charge is -2.28. The van der Waals surface area contributed by atoms with Gasteiger partial charge in [0.2, 0.25) is 0 Å². The first-order valence-electron chi connectivity index (χ1n) is 7.44. The number of rotatable bonds is 4. The Morgan fingerprint density at radius 1 is 1.11 bits per heavy atom. The Kier molecular flexibility index (Phi) is 4.61. The van der Waals surface area contributed by atoms with Gasteiger partial charge in [0.1, 0.15) is 17.5 Å². The number of hydrogen-bond acceptors (Lipinski definition) is 4. The predicted octanol–water partition coefficient (Wildman–Crippen LogP) is 3.30. The molecule has 1 aliphatic rings. The van der Waals surface area contributed by atoms with Crippen LogP contribution in [0.2, 0.25) is 0 Å². The van der Waals surface area contributed by atoms with Crippen molar-refractivity contribution in [3.63, 3.8) is 0 Å². The van der Waals surface area contributed by atoms with Crippen LogP contribution in [0.3, 0.4) is 0 Å². The number of aryl methyl sites for hydroxylation is 1. The summed E-state index contributed by atoms with van der Waals surface area (Å²) in [4.78, 5) is 8.62. The van der Waals surface area contributed by atoms with Gasteiger partial charge in [-0.05, 0) is 38.5 Å². The summed E-state index contributed by atoms with van der Waals surface area (Å²) >= 11 is 0. The third kappa shape index (κ3) is 3.58. The summed E-state index contributed by atoms with van der Waals surface area (Å²) in [5.74, 6) is 3.96. The van der Waals surface area contributed by atoms with Crippen molar-refractivity contribution in [1.82, 2.24) is 9.97 Å². The molecular formula is C15H26N4. The number of nitrogens with zero attached hydrogens (tertiary/aromatic N) is 2. The molecule has 3 N–H and O–H groups in total. The van der Waals surface area contributed by atoms with E-state index in [1.165, 1.54) is 32.1 Å². The van der Waals surface area contributed by atoms with Crippen LogP contribution >= 0.6 is 0 Å². The number of hydrogen-bond donors (Lipinski definition) is 2. The van der Waals surface area contributed by atoms with Gasteiger partial charge in [-0.25, -0.2) is 9.97 Å². The van der Waals surface area contributed by atoms with Gasteiger partial charge in [0, 0.05) is 12.1 Å². The fraction of sp³-hybridized carbons (Fsp3) is 0.733. The Hall–Kier alpha value is -1.32. The quantitative estimate of drug-likeness (QED) is 0.874. The summed E-state index contributed by atoms with van der Waals surface area (Å²) in [5, 5.41) is 3.47. The maximum Gasteiger partial charge on any atom is 0.134 e. The van der Waals surface area contributed by atoms with Gasteiger partial charge >= 0.3 is 0 Å². The van der Waals surface area contributed by atoms with Crippen LogP contribution in [0.15, 0.2) is 0 Å². The molecule has 1 saturated carbocycles. The normalized spacial score (nSPS) is 23.3. The first kappa shape index (κ1) is 14.1. The van der Waals surface area contributed by atoms with Crippen molar-refractivity contribution < 1.29 is 0 Å². The third-order valence-electron chi connectivity index (χ3n) is 4.40. The maximum absolute atomic E-state index is 5.88. The molecule has 0 unspecified atom stereocenters. The molecule has 0 aliphatic heterocycles. The van der Waals surface area contributed by atoms with Crippen molar-refractivity contribution in [2.24, 2.45) is 11.8 Å². The number of nitrogen functional groups attached to an aromatic ring is 1. The second-order valence-corrected chi connectivity index (χ2v) is 5.81. The van der Waals surface area contributed by atoms with E-state index in [0.29, 0.717) is 5.82 Å². The minimum atomic E-state index is 0.588. The van der Waals surface area contributed by atoms with Gasteiger partial charge in [-0.15, -0.1) is 0 Å². The summed E-state index contributed by atoms with van der Waals surface area (Å²) in [6.07, 6.45) is 6.77. The van der Waals surface area contributed by atoms with Gasteiger partial charge in [-0.1, -0.05) is 26.2 Å². The lowest BCUT2D eigenvalue weighted by atomic mass is 9.81. The highest BCUT2D eigenvalue weighted by Gasteiger charge is 2.20. The van der Waals surface area contributed by atoms with Crippen LogP contribution in [-0.2, 0) is 0 Å². The molecule has 0 aromatic carbocycles. The highest BCUT2D eigenvalue weighted by atomic mass is 15.1. The van der Waals surface area contributed by atoms with E-state index < -0.39 is 0 Å². The fourth-order valence-electron chi connectivity index (χ4n) is 2.91. The topological polar surface area (TPSA) is 63.8 Å². The standard InChI is InChI=1S/C15H26N4/c1-4-12-5-7-13(8-6-12)9-17-15-10(2)14(16)18-11(3)19-15/h12-13H,4-9H2,1-3H3,(H3,16,17,18,19). The van der Waals surface area contributed by atoms with Crippen molar-refractivity contribution in [3.05, 3.63) is 11.4 Å². The zero-order valence-electron chi connectivity index (χ0n) is 12.4. The zero-order valence-corrected chi connectivity index (χ0v) is 12.4. The summed E-state index contributed by atoms with van der Waals surface area (Å²) in [6, 6.07) is 0. The van der Waals surface area contributed by atoms with Crippen LogP contribution in [0.1, 0.15) is 50.4 Å². The molecule has 4 heteroatoms. The Balaban J connectivity index is 1.89. The number of nitrogens with two attached hydrogens (primary N) is 1. The molecule has 0 spiro atoms. The largest absolute Gasteiger partial charge is 0.383 e. The van der Waals surface area contributed by atoms with Crippen molar-refractivity contribution in [1.29, 1.82) is 0 Å². The van der Waals surface area contributed by atoms with Crippen LogP contribution in [0.4, 0.5) is 11.6 Å². The molecule has 1 heterocycles. The molecule has 1 aliphatic carbocycles. The predicted molar refractivity (Wildman–Crippen MR) is 80.1 cm³/mol. The van der Waals surface area contributed by atoms with Crippen LogP contribution in [0, 0.1) is 25.7 Å². The van der Waals surface area contributed by atoms with Crippen LogP contribution in [0.25, 0.3) is 0 Å². The summed E-state index contributed by atoms with van der Waals surface area (Å²) < 4.78 is 0. The zero-order chi connectivity index (χ0) is 13.8. The second kappa shape index (κ2) is 6.22. The van der Waals surface area contributed by atoms with E-state index in [-0.39, 0.29) is 0 Å². The Bertz CT molecular complexity index is 422. The number of nitrogens with one attached hydrogen (secondary N) is 1. The third-order valence-corrected chi connectivity index (χ3v) is 4.40. The smallest absolute Gasteiger partial charge is 0.134 e. The summed E-state index contributed by atoms with van der Waals surface area (Å²) in [7, 11) is 0. The van der Waals surface area contributed by atoms with E-state index in [1.807, 2.05) is 13.8 Å². The minimum absolute atomic E-state index is 0.588. The molecule has 0 atom stereocenters. The molecule has 2 rings (SSSR count). The van der Waals surface area contributed by atoms with Crippen LogP contribution in [-0.4, -0.2) is 16.5 Å². The summed E-state index contributed by atoms with van der Waals surface area (Å²) in [6.45, 7) is 7.17. The average Bonchev–Trinajstić information content (AvgIpc) is 2.41. The van der Waals surface area contributed by atoms with Crippen LogP contribution in [0.5, 0.6) is 0 Å². The van der Waals surface area contributed by atoms with Gasteiger partial charge in [0.25, 0.3) is 0 Å². The van der Waals surface area contributed by atoms with E-state index in [1.54, 1.807) is 0 Å². The van der Waals surface area contributed by atoms with Crippen LogP contribution < -0.4 is 11.1 Å². The van der Waals surface area contributed by atoms with Gasteiger partial charge in [0.05, 0.1) is 0 Å². The molecule has 4 nitrogen and oxygen atoms in total. The highest BCUT2D eigenvalue weighted by molar-refractivity contribution is 5.54. The van der Waals surface area contributed by atoms with Crippen molar-refractivity contribution in [2.45, 2.75) is 52.9 Å². The monoisotopic (exact) mass is 262 g/mol. The van der Waals surface area contributed by atoms with Crippen molar-refractivity contribution in [2.75, 3.05) is 17.6 Å². The second-order valence-electron chi connectivity index (χ2n) is 5.81. The van der Waals surface area contributed by atoms with E-state index >= 15 is 0 Å². The molecule has 0 radical (unpaired) electrons. The Morgan fingerprint density at radius 3 is 2.37 bits per heavy atom. The van der Waals surface area contributed by atoms with E-state index in [0.717, 1.165) is 35.6 Å².